The van der Waals surface area contributed by atoms with Crippen molar-refractivity contribution in [3.63, 3.8) is 0 Å². The van der Waals surface area contributed by atoms with Gasteiger partial charge in [0.15, 0.2) is 5.82 Å². The molecule has 0 aliphatic heterocycles. The van der Waals surface area contributed by atoms with Gasteiger partial charge in [-0.1, -0.05) is 90.9 Å². The molecule has 1 aromatic carbocycles. The molecule has 4 nitrogen and oxygen atoms in total. The number of rotatable bonds is 16. The Morgan fingerprint density at radius 1 is 0.707 bits per heavy atom. The molecule has 2 aromatic rings. The van der Waals surface area contributed by atoms with Gasteiger partial charge in [0.1, 0.15) is 5.75 Å². The van der Waals surface area contributed by atoms with E-state index in [0.29, 0.717) is 5.75 Å². The molecule has 0 bridgehead atoms. The highest BCUT2D eigenvalue weighted by molar-refractivity contribution is 5.75. The van der Waals surface area contributed by atoms with Crippen LogP contribution in [0.15, 0.2) is 36.7 Å². The summed E-state index contributed by atoms with van der Waals surface area (Å²) in [5, 5.41) is 0. The van der Waals surface area contributed by atoms with E-state index in [9.17, 15) is 4.79 Å². The Bertz CT molecular complexity index is 987. The first-order chi connectivity index (χ1) is 20.2. The van der Waals surface area contributed by atoms with E-state index >= 15 is 0 Å². The van der Waals surface area contributed by atoms with Gasteiger partial charge in [-0.25, -0.2) is 9.97 Å². The lowest BCUT2D eigenvalue weighted by Gasteiger charge is -2.37. The summed E-state index contributed by atoms with van der Waals surface area (Å²) in [5.41, 5.74) is 2.16. The quantitative estimate of drug-likeness (QED) is 0.116. The van der Waals surface area contributed by atoms with Crippen LogP contribution in [-0.2, 0) is 11.2 Å². The predicted molar refractivity (Wildman–Crippen MR) is 170 cm³/mol. The van der Waals surface area contributed by atoms with Crippen LogP contribution in [-0.4, -0.2) is 15.9 Å². The molecule has 1 aromatic heterocycles. The van der Waals surface area contributed by atoms with Gasteiger partial charge in [0.05, 0.1) is 5.92 Å². The predicted octanol–water partition coefficient (Wildman–Crippen LogP) is 10.5. The monoisotopic (exact) mass is 560 g/mol. The highest BCUT2D eigenvalue weighted by Gasteiger charge is 2.33. The number of ether oxygens (including phenoxy) is 1. The third kappa shape index (κ3) is 10.5. The second kappa shape index (κ2) is 17.7. The fraction of sp³-hybridized carbons (Fsp3) is 0.703. The maximum atomic E-state index is 12.9. The SMILES string of the molecule is CCCCCCCCCc1cnc(-c2ccc(OC(=O)[C@H]3CC[C@H]([C@H]4CC[C@H](CCCCC)CC4)CC3)cc2)nc1. The average molecular weight is 561 g/mol. The lowest BCUT2D eigenvalue weighted by Crippen LogP contribution is -2.30. The first kappa shape index (κ1) is 31.7. The van der Waals surface area contributed by atoms with E-state index in [4.69, 9.17) is 4.74 Å². The van der Waals surface area contributed by atoms with Crippen LogP contribution >= 0.6 is 0 Å². The molecule has 0 spiro atoms. The van der Waals surface area contributed by atoms with Crippen molar-refractivity contribution in [2.24, 2.45) is 23.7 Å². The highest BCUT2D eigenvalue weighted by Crippen LogP contribution is 2.42. The molecule has 0 atom stereocenters. The minimum atomic E-state index is -0.0539. The smallest absolute Gasteiger partial charge is 0.314 e. The van der Waals surface area contributed by atoms with Gasteiger partial charge in [0.25, 0.3) is 0 Å². The van der Waals surface area contributed by atoms with Crippen molar-refractivity contribution in [2.75, 3.05) is 0 Å². The largest absolute Gasteiger partial charge is 0.426 e. The van der Waals surface area contributed by atoms with Gasteiger partial charge >= 0.3 is 5.97 Å². The molecule has 226 valence electrons. The maximum Gasteiger partial charge on any atom is 0.314 e. The van der Waals surface area contributed by atoms with E-state index in [2.05, 4.69) is 23.8 Å². The number of carbonyl (C=O) groups is 1. The highest BCUT2D eigenvalue weighted by atomic mass is 16.5. The first-order valence-electron chi connectivity index (χ1n) is 17.3. The molecule has 0 unspecified atom stereocenters. The molecular weight excluding hydrogens is 504 g/mol. The fourth-order valence-corrected chi connectivity index (χ4v) is 7.25. The van der Waals surface area contributed by atoms with E-state index in [0.717, 1.165) is 48.4 Å². The molecule has 0 saturated heterocycles. The summed E-state index contributed by atoms with van der Waals surface area (Å²) in [6.07, 6.45) is 29.8. The van der Waals surface area contributed by atoms with Crippen LogP contribution in [0, 0.1) is 23.7 Å². The molecule has 2 fully saturated rings. The Kier molecular flexibility index (Phi) is 13.7. The van der Waals surface area contributed by atoms with E-state index in [1.54, 1.807) is 0 Å². The van der Waals surface area contributed by atoms with Crippen molar-refractivity contribution < 1.29 is 9.53 Å². The third-order valence-electron chi connectivity index (χ3n) is 9.98. The van der Waals surface area contributed by atoms with Crippen molar-refractivity contribution in [2.45, 2.75) is 142 Å². The van der Waals surface area contributed by atoms with Crippen molar-refractivity contribution in [3.8, 4) is 17.1 Å². The van der Waals surface area contributed by atoms with Crippen molar-refractivity contribution in [1.29, 1.82) is 0 Å². The van der Waals surface area contributed by atoms with Crippen LogP contribution in [0.25, 0.3) is 11.4 Å². The van der Waals surface area contributed by atoms with Gasteiger partial charge in [0, 0.05) is 18.0 Å². The molecule has 2 saturated carbocycles. The van der Waals surface area contributed by atoms with Gasteiger partial charge in [-0.05, 0) is 98.9 Å². The maximum absolute atomic E-state index is 12.9. The summed E-state index contributed by atoms with van der Waals surface area (Å²) >= 11 is 0. The van der Waals surface area contributed by atoms with Crippen LogP contribution < -0.4 is 4.74 Å². The summed E-state index contributed by atoms with van der Waals surface area (Å²) in [5.74, 6) is 4.01. The van der Waals surface area contributed by atoms with Crippen molar-refractivity contribution in [3.05, 3.63) is 42.2 Å². The number of benzene rings is 1. The average Bonchev–Trinajstić information content (AvgIpc) is 3.02. The number of aryl methyl sites for hydroxylation is 1. The standard InChI is InChI=1S/C37H56N2O2/c1-3-5-7-8-9-10-12-14-30-27-38-36(39-28-30)33-23-25-35(26-24-33)41-37(40)34-21-19-32(20-22-34)31-17-15-29(16-18-31)13-11-6-4-2/h23-29,31-32,34H,3-22H2,1-2H3/t29-,31-,32-,34-. The van der Waals surface area contributed by atoms with E-state index < -0.39 is 0 Å². The molecule has 0 amide bonds. The van der Waals surface area contributed by atoms with Gasteiger partial charge in [-0.15, -0.1) is 0 Å². The number of nitrogens with zero attached hydrogens (tertiary/aromatic N) is 2. The lowest BCUT2D eigenvalue weighted by molar-refractivity contribution is -0.140. The Hall–Kier alpha value is -2.23. The minimum absolute atomic E-state index is 0.0449. The molecule has 41 heavy (non-hydrogen) atoms. The number of hydrogen-bond donors (Lipinski definition) is 0. The molecule has 0 radical (unpaired) electrons. The van der Waals surface area contributed by atoms with E-state index in [-0.39, 0.29) is 11.9 Å². The summed E-state index contributed by atoms with van der Waals surface area (Å²) in [7, 11) is 0. The topological polar surface area (TPSA) is 52.1 Å². The Morgan fingerprint density at radius 3 is 1.90 bits per heavy atom. The second-order valence-electron chi connectivity index (χ2n) is 13.1. The number of unbranched alkanes of at least 4 members (excludes halogenated alkanes) is 8. The number of esters is 1. The molecule has 4 rings (SSSR count). The molecule has 1 heterocycles. The normalized spacial score (nSPS) is 22.9. The van der Waals surface area contributed by atoms with Crippen LogP contribution in [0.1, 0.15) is 141 Å². The molecule has 2 aliphatic carbocycles. The fourth-order valence-electron chi connectivity index (χ4n) is 7.25. The van der Waals surface area contributed by atoms with Crippen molar-refractivity contribution >= 4 is 5.97 Å². The van der Waals surface area contributed by atoms with Gasteiger partial charge in [-0.3, -0.25) is 4.79 Å². The van der Waals surface area contributed by atoms with Gasteiger partial charge < -0.3 is 4.74 Å². The summed E-state index contributed by atoms with van der Waals surface area (Å²) < 4.78 is 5.81. The second-order valence-corrected chi connectivity index (χ2v) is 13.1. The van der Waals surface area contributed by atoms with Gasteiger partial charge in [0.2, 0.25) is 0 Å². The lowest BCUT2D eigenvalue weighted by atomic mass is 9.68. The zero-order valence-electron chi connectivity index (χ0n) is 26.1. The molecule has 2 aliphatic rings. The van der Waals surface area contributed by atoms with Crippen LogP contribution in [0.5, 0.6) is 5.75 Å². The zero-order chi connectivity index (χ0) is 28.7. The van der Waals surface area contributed by atoms with E-state index in [1.165, 1.54) is 115 Å². The zero-order valence-corrected chi connectivity index (χ0v) is 26.1. The third-order valence-corrected chi connectivity index (χ3v) is 9.98. The number of aromatic nitrogens is 2. The Balaban J connectivity index is 1.14. The Morgan fingerprint density at radius 2 is 1.27 bits per heavy atom. The van der Waals surface area contributed by atoms with E-state index in [1.807, 2.05) is 36.7 Å². The number of hydrogen-bond acceptors (Lipinski definition) is 4. The minimum Gasteiger partial charge on any atom is -0.426 e. The molecular formula is C37H56N2O2. The van der Waals surface area contributed by atoms with Crippen LogP contribution in [0.2, 0.25) is 0 Å². The Labute approximate surface area is 250 Å². The summed E-state index contributed by atoms with van der Waals surface area (Å²) in [6.45, 7) is 4.56. The molecule has 4 heteroatoms. The molecule has 0 N–H and O–H groups in total. The van der Waals surface area contributed by atoms with Crippen molar-refractivity contribution in [1.82, 2.24) is 9.97 Å². The van der Waals surface area contributed by atoms with Crippen LogP contribution in [0.3, 0.4) is 0 Å². The van der Waals surface area contributed by atoms with Crippen LogP contribution in [0.4, 0.5) is 0 Å². The number of carbonyl (C=O) groups excluding carboxylic acids is 1. The summed E-state index contributed by atoms with van der Waals surface area (Å²) in [6, 6.07) is 7.69. The summed E-state index contributed by atoms with van der Waals surface area (Å²) in [4.78, 5) is 22.1. The first-order valence-corrected chi connectivity index (χ1v) is 17.3. The van der Waals surface area contributed by atoms with Gasteiger partial charge in [-0.2, -0.15) is 0 Å².